The molecule has 0 aromatic carbocycles. The van der Waals surface area contributed by atoms with E-state index < -0.39 is 5.91 Å². The topological polar surface area (TPSA) is 71.8 Å². The number of hydrogen-bond acceptors (Lipinski definition) is 3. The molecule has 0 atom stereocenters. The first-order chi connectivity index (χ1) is 5.68. The zero-order valence-electron chi connectivity index (χ0n) is 6.42. The van der Waals surface area contributed by atoms with Gasteiger partial charge in [-0.15, -0.1) is 11.3 Å². The Bertz CT molecular complexity index is 442. The van der Waals surface area contributed by atoms with Gasteiger partial charge in [0.05, 0.1) is 5.52 Å². The second-order valence-electron chi connectivity index (χ2n) is 2.51. The van der Waals surface area contributed by atoms with Crippen LogP contribution in [0.5, 0.6) is 0 Å². The van der Waals surface area contributed by atoms with Gasteiger partial charge in [-0.2, -0.15) is 0 Å². The normalized spacial score (nSPS) is 10.8. The lowest BCUT2D eigenvalue weighted by Gasteiger charge is -1.84. The highest BCUT2D eigenvalue weighted by Gasteiger charge is 2.11. The molecule has 0 unspecified atom stereocenters. The molecule has 62 valence electrons. The van der Waals surface area contributed by atoms with E-state index in [4.69, 9.17) is 5.73 Å². The lowest BCUT2D eigenvalue weighted by molar-refractivity contribution is 0.101. The summed E-state index contributed by atoms with van der Waals surface area (Å²) in [4.78, 5) is 18.6. The first kappa shape index (κ1) is 7.30. The number of carbonyl (C=O) groups is 1. The van der Waals surface area contributed by atoms with Gasteiger partial charge in [0, 0.05) is 5.38 Å². The van der Waals surface area contributed by atoms with Gasteiger partial charge >= 0.3 is 0 Å². The fraction of sp³-hybridized carbons (Fsp3) is 0.143. The summed E-state index contributed by atoms with van der Waals surface area (Å²) in [5.41, 5.74) is 6.72. The Morgan fingerprint density at radius 1 is 1.75 bits per heavy atom. The Morgan fingerprint density at radius 3 is 3.17 bits per heavy atom. The maximum Gasteiger partial charge on any atom is 0.261 e. The standard InChI is InChI=1S/C7H7N3OS/c1-3-9-4-2-12-6(7(8)11)5(4)10-3/h2H,1H3,(H2,8,11)(H,9,10). The summed E-state index contributed by atoms with van der Waals surface area (Å²) in [6.45, 7) is 1.84. The van der Waals surface area contributed by atoms with Gasteiger partial charge in [0.2, 0.25) is 0 Å². The molecular weight excluding hydrogens is 174 g/mol. The van der Waals surface area contributed by atoms with E-state index in [1.54, 1.807) is 0 Å². The van der Waals surface area contributed by atoms with Gasteiger partial charge < -0.3 is 10.7 Å². The highest BCUT2D eigenvalue weighted by molar-refractivity contribution is 7.13. The minimum atomic E-state index is -0.415. The van der Waals surface area contributed by atoms with Crippen molar-refractivity contribution in [2.45, 2.75) is 6.92 Å². The third kappa shape index (κ3) is 0.902. The van der Waals surface area contributed by atoms with Gasteiger partial charge in [-0.1, -0.05) is 0 Å². The van der Waals surface area contributed by atoms with Crippen molar-refractivity contribution in [3.63, 3.8) is 0 Å². The van der Waals surface area contributed by atoms with Gasteiger partial charge in [0.25, 0.3) is 5.91 Å². The molecule has 4 nitrogen and oxygen atoms in total. The smallest absolute Gasteiger partial charge is 0.261 e. The molecule has 0 aliphatic heterocycles. The molecule has 0 aliphatic carbocycles. The average Bonchev–Trinajstić information content (AvgIpc) is 2.43. The number of aromatic amines is 1. The maximum absolute atomic E-state index is 10.9. The number of thiophene rings is 1. The number of H-pyrrole nitrogens is 1. The third-order valence-corrected chi connectivity index (χ3v) is 2.57. The number of nitrogens with two attached hydrogens (primary N) is 1. The van der Waals surface area contributed by atoms with Crippen molar-refractivity contribution >= 4 is 28.3 Å². The van der Waals surface area contributed by atoms with Crippen LogP contribution in [-0.2, 0) is 0 Å². The number of nitrogens with one attached hydrogen (secondary N) is 1. The quantitative estimate of drug-likeness (QED) is 0.689. The van der Waals surface area contributed by atoms with Gasteiger partial charge in [0.1, 0.15) is 16.2 Å². The highest BCUT2D eigenvalue weighted by atomic mass is 32.1. The summed E-state index contributed by atoms with van der Waals surface area (Å²) in [7, 11) is 0. The van der Waals surface area contributed by atoms with Crippen molar-refractivity contribution in [3.05, 3.63) is 16.1 Å². The third-order valence-electron chi connectivity index (χ3n) is 1.58. The molecule has 0 radical (unpaired) electrons. The van der Waals surface area contributed by atoms with Crippen molar-refractivity contribution < 1.29 is 4.79 Å². The van der Waals surface area contributed by atoms with E-state index in [9.17, 15) is 4.79 Å². The van der Waals surface area contributed by atoms with Crippen LogP contribution in [0.2, 0.25) is 0 Å². The molecule has 0 saturated carbocycles. The molecule has 2 aromatic heterocycles. The molecule has 5 heteroatoms. The molecule has 2 aromatic rings. The molecule has 0 spiro atoms. The van der Waals surface area contributed by atoms with Crippen LogP contribution in [-0.4, -0.2) is 15.9 Å². The fourth-order valence-corrected chi connectivity index (χ4v) is 1.91. The molecule has 0 fully saturated rings. The summed E-state index contributed by atoms with van der Waals surface area (Å²) in [5.74, 6) is 0.386. The lowest BCUT2D eigenvalue weighted by atomic mass is 10.4. The molecule has 2 rings (SSSR count). The molecule has 0 aliphatic rings. The van der Waals surface area contributed by atoms with Crippen molar-refractivity contribution in [2.24, 2.45) is 5.73 Å². The Labute approximate surface area is 72.4 Å². The SMILES string of the molecule is Cc1nc2c(C(N)=O)scc2[nH]1. The monoisotopic (exact) mass is 181 g/mol. The summed E-state index contributed by atoms with van der Waals surface area (Å²) in [6, 6.07) is 0. The molecule has 12 heavy (non-hydrogen) atoms. The van der Waals surface area contributed by atoms with Crippen molar-refractivity contribution in [3.8, 4) is 0 Å². The number of fused-ring (bicyclic) bond motifs is 1. The average molecular weight is 181 g/mol. The number of rotatable bonds is 1. The predicted molar refractivity (Wildman–Crippen MR) is 47.2 cm³/mol. The number of nitrogens with zero attached hydrogens (tertiary/aromatic N) is 1. The van der Waals surface area contributed by atoms with Crippen LogP contribution >= 0.6 is 11.3 Å². The van der Waals surface area contributed by atoms with E-state index in [0.29, 0.717) is 10.4 Å². The Balaban J connectivity index is 2.76. The van der Waals surface area contributed by atoms with E-state index in [1.165, 1.54) is 11.3 Å². The Morgan fingerprint density at radius 2 is 2.50 bits per heavy atom. The molecule has 0 saturated heterocycles. The molecule has 3 N–H and O–H groups in total. The number of imidazole rings is 1. The van der Waals surface area contributed by atoms with Gasteiger partial charge in [-0.05, 0) is 6.92 Å². The second-order valence-corrected chi connectivity index (χ2v) is 3.39. The van der Waals surface area contributed by atoms with Crippen LogP contribution in [0.3, 0.4) is 0 Å². The number of aryl methyl sites for hydroxylation is 1. The fourth-order valence-electron chi connectivity index (χ4n) is 1.12. The van der Waals surface area contributed by atoms with Crippen molar-refractivity contribution in [1.82, 2.24) is 9.97 Å². The Hall–Kier alpha value is -1.36. The van der Waals surface area contributed by atoms with Crippen LogP contribution < -0.4 is 5.73 Å². The van der Waals surface area contributed by atoms with Crippen LogP contribution in [0.15, 0.2) is 5.38 Å². The lowest BCUT2D eigenvalue weighted by Crippen LogP contribution is -2.08. The minimum absolute atomic E-state index is 0.415. The van der Waals surface area contributed by atoms with Gasteiger partial charge in [-0.3, -0.25) is 4.79 Å². The first-order valence-electron chi connectivity index (χ1n) is 3.42. The van der Waals surface area contributed by atoms with E-state index in [1.807, 2.05) is 12.3 Å². The minimum Gasteiger partial charge on any atom is -0.365 e. The number of amides is 1. The van der Waals surface area contributed by atoms with E-state index in [0.717, 1.165) is 11.3 Å². The van der Waals surface area contributed by atoms with Crippen LogP contribution in [0.25, 0.3) is 11.0 Å². The molecule has 2 heterocycles. The number of carbonyl (C=O) groups excluding carboxylic acids is 1. The van der Waals surface area contributed by atoms with Crippen LogP contribution in [0, 0.1) is 6.92 Å². The summed E-state index contributed by atoms with van der Waals surface area (Å²) in [6.07, 6.45) is 0. The number of primary amides is 1. The summed E-state index contributed by atoms with van der Waals surface area (Å²) >= 11 is 1.32. The van der Waals surface area contributed by atoms with Gasteiger partial charge in [-0.25, -0.2) is 4.98 Å². The Kier molecular flexibility index (Phi) is 1.41. The maximum atomic E-state index is 10.9. The van der Waals surface area contributed by atoms with Crippen molar-refractivity contribution in [2.75, 3.05) is 0 Å². The molecular formula is C7H7N3OS. The molecule has 0 bridgehead atoms. The number of aromatic nitrogens is 2. The zero-order valence-corrected chi connectivity index (χ0v) is 7.23. The van der Waals surface area contributed by atoms with Crippen molar-refractivity contribution in [1.29, 1.82) is 0 Å². The second kappa shape index (κ2) is 2.31. The highest BCUT2D eigenvalue weighted by Crippen LogP contribution is 2.22. The summed E-state index contributed by atoms with van der Waals surface area (Å²) in [5, 5.41) is 1.84. The zero-order chi connectivity index (χ0) is 8.72. The first-order valence-corrected chi connectivity index (χ1v) is 4.30. The van der Waals surface area contributed by atoms with E-state index in [-0.39, 0.29) is 0 Å². The molecule has 1 amide bonds. The van der Waals surface area contributed by atoms with Gasteiger partial charge in [0.15, 0.2) is 0 Å². The van der Waals surface area contributed by atoms with Crippen LogP contribution in [0.4, 0.5) is 0 Å². The largest absolute Gasteiger partial charge is 0.365 e. The number of hydrogen-bond donors (Lipinski definition) is 2. The van der Waals surface area contributed by atoms with Crippen LogP contribution in [0.1, 0.15) is 15.5 Å². The van der Waals surface area contributed by atoms with E-state index >= 15 is 0 Å². The summed E-state index contributed by atoms with van der Waals surface area (Å²) < 4.78 is 0. The predicted octanol–water partition coefficient (Wildman–Crippen LogP) is 1.03. The van der Waals surface area contributed by atoms with E-state index in [2.05, 4.69) is 9.97 Å².